The average Bonchev–Trinajstić information content (AvgIpc) is 3.21. The van der Waals surface area contributed by atoms with Gasteiger partial charge < -0.3 is 9.15 Å². The number of halogens is 2. The Labute approximate surface area is 172 Å². The van der Waals surface area contributed by atoms with Crippen LogP contribution in [0.5, 0.6) is 11.5 Å². The van der Waals surface area contributed by atoms with E-state index in [-0.39, 0.29) is 11.5 Å². The molecule has 28 heavy (non-hydrogen) atoms. The molecule has 0 unspecified atom stereocenters. The van der Waals surface area contributed by atoms with Crippen LogP contribution < -0.4 is 4.74 Å². The molecule has 3 aromatic carbocycles. The highest BCUT2D eigenvalue weighted by Gasteiger charge is 2.16. The van der Waals surface area contributed by atoms with Crippen molar-refractivity contribution >= 4 is 29.0 Å². The van der Waals surface area contributed by atoms with E-state index in [1.165, 1.54) is 0 Å². The van der Waals surface area contributed by atoms with Crippen molar-refractivity contribution in [3.05, 3.63) is 106 Å². The van der Waals surface area contributed by atoms with Gasteiger partial charge >= 0.3 is 0 Å². The molecule has 1 aromatic heterocycles. The molecule has 0 amide bonds. The molecular formula is C23H14Cl2O3. The Morgan fingerprint density at radius 3 is 2.25 bits per heavy atom. The van der Waals surface area contributed by atoms with Gasteiger partial charge in [-0.1, -0.05) is 41.4 Å². The summed E-state index contributed by atoms with van der Waals surface area (Å²) in [7, 11) is 0. The zero-order valence-electron chi connectivity index (χ0n) is 14.6. The highest BCUT2D eigenvalue weighted by atomic mass is 35.5. The summed E-state index contributed by atoms with van der Waals surface area (Å²) in [5, 5.41) is 1.04. The molecule has 0 spiro atoms. The molecule has 3 nitrogen and oxygen atoms in total. The number of hydrogen-bond acceptors (Lipinski definition) is 3. The second-order valence-electron chi connectivity index (χ2n) is 6.06. The van der Waals surface area contributed by atoms with Gasteiger partial charge in [0.05, 0.1) is 5.02 Å². The van der Waals surface area contributed by atoms with E-state index >= 15 is 0 Å². The third-order valence-electron chi connectivity index (χ3n) is 4.12. The van der Waals surface area contributed by atoms with E-state index in [9.17, 15) is 4.79 Å². The zero-order chi connectivity index (χ0) is 19.5. The van der Waals surface area contributed by atoms with Crippen molar-refractivity contribution in [1.29, 1.82) is 0 Å². The van der Waals surface area contributed by atoms with Crippen LogP contribution in [0.15, 0.2) is 89.3 Å². The van der Waals surface area contributed by atoms with Crippen LogP contribution in [0.3, 0.4) is 0 Å². The van der Waals surface area contributed by atoms with Crippen LogP contribution in [-0.2, 0) is 0 Å². The molecule has 4 aromatic rings. The van der Waals surface area contributed by atoms with Crippen molar-refractivity contribution < 1.29 is 13.9 Å². The summed E-state index contributed by atoms with van der Waals surface area (Å²) in [4.78, 5) is 12.7. The highest BCUT2D eigenvalue weighted by molar-refractivity contribution is 6.35. The Balaban J connectivity index is 1.53. The molecule has 0 bridgehead atoms. The SMILES string of the molecule is O=C(c1ccc(Oc2ccccc2)cc1)c1ccc(-c2cc(Cl)ccc2Cl)o1. The normalized spacial score (nSPS) is 10.6. The van der Waals surface area contributed by atoms with E-state index in [1.807, 2.05) is 30.3 Å². The van der Waals surface area contributed by atoms with Crippen LogP contribution in [0.4, 0.5) is 0 Å². The van der Waals surface area contributed by atoms with Crippen molar-refractivity contribution in [3.63, 3.8) is 0 Å². The molecule has 0 aliphatic heterocycles. The second-order valence-corrected chi connectivity index (χ2v) is 6.90. The van der Waals surface area contributed by atoms with Crippen molar-refractivity contribution in [1.82, 2.24) is 0 Å². The quantitative estimate of drug-likeness (QED) is 0.325. The van der Waals surface area contributed by atoms with Gasteiger partial charge in [-0.2, -0.15) is 0 Å². The maximum Gasteiger partial charge on any atom is 0.228 e. The van der Waals surface area contributed by atoms with Gasteiger partial charge in [0.2, 0.25) is 5.78 Å². The standard InChI is InChI=1S/C23H14Cl2O3/c24-16-8-11-20(25)19(14-16)21-12-13-22(28-21)23(26)15-6-9-18(10-7-15)27-17-4-2-1-3-5-17/h1-14H. The predicted octanol–water partition coefficient (Wildman–Crippen LogP) is 7.28. The van der Waals surface area contributed by atoms with E-state index in [1.54, 1.807) is 54.6 Å². The molecule has 4 rings (SSSR count). The van der Waals surface area contributed by atoms with Crippen LogP contribution in [0.2, 0.25) is 10.0 Å². The van der Waals surface area contributed by atoms with E-state index in [4.69, 9.17) is 32.4 Å². The van der Waals surface area contributed by atoms with Crippen LogP contribution in [0, 0.1) is 0 Å². The molecule has 0 atom stereocenters. The van der Waals surface area contributed by atoms with Gasteiger partial charge in [-0.25, -0.2) is 0 Å². The van der Waals surface area contributed by atoms with Gasteiger partial charge in [0.1, 0.15) is 17.3 Å². The van der Waals surface area contributed by atoms with Crippen molar-refractivity contribution in [2.24, 2.45) is 0 Å². The summed E-state index contributed by atoms with van der Waals surface area (Å²) >= 11 is 12.2. The first-order chi connectivity index (χ1) is 13.6. The Morgan fingerprint density at radius 2 is 1.50 bits per heavy atom. The van der Waals surface area contributed by atoms with Gasteiger partial charge in [-0.3, -0.25) is 4.79 Å². The van der Waals surface area contributed by atoms with Crippen LogP contribution in [-0.4, -0.2) is 5.78 Å². The number of ketones is 1. The highest BCUT2D eigenvalue weighted by Crippen LogP contribution is 2.32. The number of carbonyl (C=O) groups is 1. The minimum Gasteiger partial charge on any atom is -0.457 e. The lowest BCUT2D eigenvalue weighted by molar-refractivity contribution is 0.101. The van der Waals surface area contributed by atoms with Crippen molar-refractivity contribution in [3.8, 4) is 22.8 Å². The van der Waals surface area contributed by atoms with Crippen LogP contribution in [0.25, 0.3) is 11.3 Å². The van der Waals surface area contributed by atoms with E-state index in [0.717, 1.165) is 5.75 Å². The van der Waals surface area contributed by atoms with Gasteiger partial charge in [0.15, 0.2) is 5.76 Å². The molecule has 5 heteroatoms. The maximum atomic E-state index is 12.7. The topological polar surface area (TPSA) is 39.4 Å². The Hall–Kier alpha value is -3.01. The maximum absolute atomic E-state index is 12.7. The average molecular weight is 409 g/mol. The number of furan rings is 1. The summed E-state index contributed by atoms with van der Waals surface area (Å²) < 4.78 is 11.5. The molecule has 0 N–H and O–H groups in total. The molecule has 138 valence electrons. The Morgan fingerprint density at radius 1 is 0.786 bits per heavy atom. The number of hydrogen-bond donors (Lipinski definition) is 0. The summed E-state index contributed by atoms with van der Waals surface area (Å²) in [6.07, 6.45) is 0. The van der Waals surface area contributed by atoms with Gasteiger partial charge in [-0.05, 0) is 66.7 Å². The number of carbonyl (C=O) groups excluding carboxylic acids is 1. The fourth-order valence-corrected chi connectivity index (χ4v) is 3.12. The van der Waals surface area contributed by atoms with Crippen molar-refractivity contribution in [2.75, 3.05) is 0 Å². The number of para-hydroxylation sites is 1. The van der Waals surface area contributed by atoms with E-state index in [2.05, 4.69) is 0 Å². The first kappa shape index (κ1) is 18.4. The fraction of sp³-hybridized carbons (Fsp3) is 0. The lowest BCUT2D eigenvalue weighted by Gasteiger charge is -2.06. The fourth-order valence-electron chi connectivity index (χ4n) is 2.73. The smallest absolute Gasteiger partial charge is 0.228 e. The van der Waals surface area contributed by atoms with E-state index < -0.39 is 0 Å². The molecule has 0 saturated heterocycles. The minimum absolute atomic E-state index is 0.225. The monoisotopic (exact) mass is 408 g/mol. The predicted molar refractivity (Wildman–Crippen MR) is 111 cm³/mol. The summed E-state index contributed by atoms with van der Waals surface area (Å²) in [5.74, 6) is 1.86. The molecule has 0 radical (unpaired) electrons. The summed E-state index contributed by atoms with van der Waals surface area (Å²) in [6, 6.07) is 24.8. The molecule has 0 saturated carbocycles. The first-order valence-corrected chi connectivity index (χ1v) is 9.29. The third-order valence-corrected chi connectivity index (χ3v) is 4.68. The van der Waals surface area contributed by atoms with Crippen LogP contribution >= 0.6 is 23.2 Å². The van der Waals surface area contributed by atoms with Crippen LogP contribution in [0.1, 0.15) is 16.1 Å². The number of benzene rings is 3. The van der Waals surface area contributed by atoms with E-state index in [0.29, 0.717) is 32.7 Å². The first-order valence-electron chi connectivity index (χ1n) is 8.53. The Bertz CT molecular complexity index is 1120. The molecule has 0 fully saturated rings. The second kappa shape index (κ2) is 7.93. The minimum atomic E-state index is -0.226. The summed E-state index contributed by atoms with van der Waals surface area (Å²) in [6.45, 7) is 0. The van der Waals surface area contributed by atoms with Gasteiger partial charge in [-0.15, -0.1) is 0 Å². The van der Waals surface area contributed by atoms with Crippen molar-refractivity contribution in [2.45, 2.75) is 0 Å². The third kappa shape index (κ3) is 3.96. The molecule has 0 aliphatic carbocycles. The lowest BCUT2D eigenvalue weighted by Crippen LogP contribution is -1.99. The number of ether oxygens (including phenoxy) is 1. The zero-order valence-corrected chi connectivity index (χ0v) is 16.1. The molecular weight excluding hydrogens is 395 g/mol. The molecule has 1 heterocycles. The molecule has 0 aliphatic rings. The summed E-state index contributed by atoms with van der Waals surface area (Å²) in [5.41, 5.74) is 1.14. The number of rotatable bonds is 5. The Kier molecular flexibility index (Phi) is 5.20. The van der Waals surface area contributed by atoms with Gasteiger partial charge in [0.25, 0.3) is 0 Å². The lowest BCUT2D eigenvalue weighted by atomic mass is 10.1. The van der Waals surface area contributed by atoms with Gasteiger partial charge in [0, 0.05) is 16.1 Å². The largest absolute Gasteiger partial charge is 0.457 e.